The van der Waals surface area contributed by atoms with Gasteiger partial charge in [0.15, 0.2) is 0 Å². The molecule has 222 valence electrons. The molecule has 3 aromatic carbocycles. The molecule has 2 amide bonds. The Morgan fingerprint density at radius 1 is 0.929 bits per heavy atom. The second-order valence-corrected chi connectivity index (χ2v) is 13.0. The third kappa shape index (κ3) is 8.19. The van der Waals surface area contributed by atoms with Gasteiger partial charge in [-0.15, -0.1) is 0 Å². The molecule has 8 nitrogen and oxygen atoms in total. The number of nitrogens with one attached hydrogen (secondary N) is 2. The molecule has 0 bridgehead atoms. The van der Waals surface area contributed by atoms with Gasteiger partial charge in [0.05, 0.1) is 11.0 Å². The first kappa shape index (κ1) is 30.2. The van der Waals surface area contributed by atoms with Crippen molar-refractivity contribution in [3.63, 3.8) is 0 Å². The van der Waals surface area contributed by atoms with E-state index in [-0.39, 0.29) is 41.8 Å². The molecule has 0 spiro atoms. The molecule has 0 unspecified atom stereocenters. The van der Waals surface area contributed by atoms with Crippen molar-refractivity contribution in [3.8, 4) is 0 Å². The van der Waals surface area contributed by atoms with Crippen LogP contribution in [0.1, 0.15) is 54.8 Å². The van der Waals surface area contributed by atoms with E-state index in [1.807, 2.05) is 42.5 Å². The smallest absolute Gasteiger partial charge is 0.247 e. The van der Waals surface area contributed by atoms with Crippen LogP contribution < -0.4 is 10.0 Å². The zero-order valence-electron chi connectivity index (χ0n) is 23.4. The van der Waals surface area contributed by atoms with Gasteiger partial charge < -0.3 is 15.0 Å². The first-order chi connectivity index (χ1) is 20.3. The Morgan fingerprint density at radius 3 is 2.26 bits per heavy atom. The summed E-state index contributed by atoms with van der Waals surface area (Å²) >= 11 is 6.11. The molecule has 2 aliphatic rings. The molecule has 1 aliphatic carbocycles. The summed E-state index contributed by atoms with van der Waals surface area (Å²) in [5.74, 6) is -0.463. The van der Waals surface area contributed by atoms with Crippen molar-refractivity contribution in [2.45, 2.75) is 68.2 Å². The van der Waals surface area contributed by atoms with E-state index in [2.05, 4.69) is 10.0 Å². The van der Waals surface area contributed by atoms with Gasteiger partial charge in [-0.3, -0.25) is 9.59 Å². The fourth-order valence-electron chi connectivity index (χ4n) is 5.05. The van der Waals surface area contributed by atoms with E-state index in [9.17, 15) is 18.0 Å². The third-order valence-corrected chi connectivity index (χ3v) is 9.34. The average Bonchev–Trinajstić information content (AvgIpc) is 3.64. The number of amides is 2. The van der Waals surface area contributed by atoms with Gasteiger partial charge in [-0.1, -0.05) is 66.2 Å². The molecule has 2 fully saturated rings. The summed E-state index contributed by atoms with van der Waals surface area (Å²) in [6.45, 7) is 1.29. The van der Waals surface area contributed by atoms with E-state index in [1.165, 1.54) is 0 Å². The predicted octanol–water partition coefficient (Wildman–Crippen LogP) is 4.78. The number of ether oxygens (including phenoxy) is 1. The molecule has 2 atom stereocenters. The molecule has 10 heteroatoms. The molecule has 1 saturated heterocycles. The van der Waals surface area contributed by atoms with Crippen molar-refractivity contribution in [3.05, 3.63) is 101 Å². The van der Waals surface area contributed by atoms with E-state index < -0.39 is 16.1 Å². The lowest BCUT2D eigenvalue weighted by molar-refractivity contribution is -0.141. The van der Waals surface area contributed by atoms with E-state index >= 15 is 0 Å². The molecule has 1 aliphatic heterocycles. The second-order valence-electron chi connectivity index (χ2n) is 10.9. The molecule has 0 aromatic heterocycles. The van der Waals surface area contributed by atoms with Crippen LogP contribution in [0.25, 0.3) is 0 Å². The summed E-state index contributed by atoms with van der Waals surface area (Å²) in [5.41, 5.74) is 2.39. The van der Waals surface area contributed by atoms with Crippen LogP contribution in [0.3, 0.4) is 0 Å². The zero-order chi connectivity index (χ0) is 29.5. The second kappa shape index (κ2) is 13.8. The predicted molar refractivity (Wildman–Crippen MR) is 161 cm³/mol. The van der Waals surface area contributed by atoms with Gasteiger partial charge in [0, 0.05) is 37.2 Å². The van der Waals surface area contributed by atoms with Gasteiger partial charge in [0.1, 0.15) is 6.04 Å². The minimum absolute atomic E-state index is 0.0272. The molecule has 5 rings (SSSR count). The number of halogens is 1. The molecule has 0 radical (unpaired) electrons. The normalized spacial score (nSPS) is 17.5. The maximum atomic E-state index is 13.9. The van der Waals surface area contributed by atoms with Crippen LogP contribution in [-0.4, -0.2) is 50.4 Å². The number of carbonyl (C=O) groups is 2. The fourth-order valence-corrected chi connectivity index (χ4v) is 6.48. The van der Waals surface area contributed by atoms with Gasteiger partial charge in [-0.2, -0.15) is 0 Å². The largest absolute Gasteiger partial charge is 0.376 e. The Bertz CT molecular complexity index is 1460. The molecule has 2 N–H and O–H groups in total. The number of rotatable bonds is 13. The highest BCUT2D eigenvalue weighted by atomic mass is 35.5. The summed E-state index contributed by atoms with van der Waals surface area (Å²) in [6.07, 6.45) is 4.09. The Labute approximate surface area is 252 Å². The monoisotopic (exact) mass is 609 g/mol. The molecular weight excluding hydrogens is 574 g/mol. The Kier molecular flexibility index (Phi) is 9.95. The van der Waals surface area contributed by atoms with Gasteiger partial charge >= 0.3 is 0 Å². The highest BCUT2D eigenvalue weighted by Gasteiger charge is 2.32. The lowest BCUT2D eigenvalue weighted by Crippen LogP contribution is -2.45. The first-order valence-corrected chi connectivity index (χ1v) is 16.2. The zero-order valence-corrected chi connectivity index (χ0v) is 24.9. The van der Waals surface area contributed by atoms with Gasteiger partial charge in [-0.25, -0.2) is 13.1 Å². The van der Waals surface area contributed by atoms with Crippen LogP contribution in [0.2, 0.25) is 5.02 Å². The van der Waals surface area contributed by atoms with E-state index in [1.54, 1.807) is 41.3 Å². The highest BCUT2D eigenvalue weighted by molar-refractivity contribution is 7.89. The van der Waals surface area contributed by atoms with Crippen molar-refractivity contribution in [1.29, 1.82) is 0 Å². The first-order valence-electron chi connectivity index (χ1n) is 14.4. The van der Waals surface area contributed by atoms with E-state index in [0.29, 0.717) is 30.2 Å². The molecule has 42 heavy (non-hydrogen) atoms. The molecule has 1 heterocycles. The fraction of sp³-hybridized carbons (Fsp3) is 0.375. The van der Waals surface area contributed by atoms with E-state index in [4.69, 9.17) is 16.3 Å². The van der Waals surface area contributed by atoms with Crippen molar-refractivity contribution in [1.82, 2.24) is 14.9 Å². The van der Waals surface area contributed by atoms with Crippen LogP contribution >= 0.6 is 11.6 Å². The summed E-state index contributed by atoms with van der Waals surface area (Å²) in [7, 11) is -3.55. The quantitative estimate of drug-likeness (QED) is 0.290. The number of benzene rings is 3. The van der Waals surface area contributed by atoms with Crippen molar-refractivity contribution < 1.29 is 22.7 Å². The van der Waals surface area contributed by atoms with Gasteiger partial charge in [-0.05, 0) is 73.1 Å². The molecular formula is C32H36ClN3O5S. The lowest BCUT2D eigenvalue weighted by atomic mass is 10.0. The number of hydrogen-bond acceptors (Lipinski definition) is 5. The maximum Gasteiger partial charge on any atom is 0.247 e. The van der Waals surface area contributed by atoms with E-state index in [0.717, 1.165) is 36.8 Å². The SMILES string of the molecule is O=C(NC[C@@H]1CCCO1)[C@H](c1ccccc1)N(Cc1ccc(Cl)cc1)C(=O)CCc1ccc(S(=O)(=O)NC2CC2)cc1. The molecule has 3 aromatic rings. The van der Waals surface area contributed by atoms with Crippen LogP contribution in [-0.2, 0) is 37.3 Å². The lowest BCUT2D eigenvalue weighted by Gasteiger charge is -2.32. The number of carbonyl (C=O) groups excluding carboxylic acids is 2. The van der Waals surface area contributed by atoms with Crippen molar-refractivity contribution in [2.24, 2.45) is 0 Å². The summed E-state index contributed by atoms with van der Waals surface area (Å²) in [6, 6.07) is 22.3. The standard InChI is InChI=1S/C32H36ClN3O5S/c33-26-13-8-24(9-14-26)22-36(31(25-5-2-1-3-6-25)32(38)34-21-28-7-4-20-41-28)30(37)19-12-23-10-17-29(18-11-23)42(39,40)35-27-15-16-27/h1-3,5-6,8-11,13-14,17-18,27-28,31,35H,4,7,12,15-16,19-22H2,(H,34,38)/t28-,31-/m0/s1. The number of hydrogen-bond donors (Lipinski definition) is 2. The summed E-state index contributed by atoms with van der Waals surface area (Å²) in [5, 5.41) is 3.61. The molecule has 1 saturated carbocycles. The number of nitrogens with zero attached hydrogens (tertiary/aromatic N) is 1. The Balaban J connectivity index is 1.35. The topological polar surface area (TPSA) is 105 Å². The summed E-state index contributed by atoms with van der Waals surface area (Å²) < 4.78 is 33.4. The van der Waals surface area contributed by atoms with Crippen molar-refractivity contribution in [2.75, 3.05) is 13.2 Å². The minimum atomic E-state index is -3.55. The minimum Gasteiger partial charge on any atom is -0.376 e. The highest BCUT2D eigenvalue weighted by Crippen LogP contribution is 2.27. The number of sulfonamides is 1. The summed E-state index contributed by atoms with van der Waals surface area (Å²) in [4.78, 5) is 29.5. The van der Waals surface area contributed by atoms with Gasteiger partial charge in [0.2, 0.25) is 21.8 Å². The van der Waals surface area contributed by atoms with Crippen LogP contribution in [0.15, 0.2) is 83.8 Å². The van der Waals surface area contributed by atoms with Gasteiger partial charge in [0.25, 0.3) is 0 Å². The maximum absolute atomic E-state index is 13.9. The van der Waals surface area contributed by atoms with Crippen LogP contribution in [0.4, 0.5) is 0 Å². The third-order valence-electron chi connectivity index (χ3n) is 7.55. The van der Waals surface area contributed by atoms with Crippen LogP contribution in [0, 0.1) is 0 Å². The Hall–Kier alpha value is -3.24. The Morgan fingerprint density at radius 2 is 1.62 bits per heavy atom. The van der Waals surface area contributed by atoms with Crippen molar-refractivity contribution >= 4 is 33.4 Å². The average molecular weight is 610 g/mol. The van der Waals surface area contributed by atoms with Crippen LogP contribution in [0.5, 0.6) is 0 Å². The number of aryl methyl sites for hydroxylation is 1.